The fourth-order valence-corrected chi connectivity index (χ4v) is 3.59. The van der Waals surface area contributed by atoms with Crippen molar-refractivity contribution in [3.05, 3.63) is 96.1 Å². The Hall–Kier alpha value is -4.85. The second kappa shape index (κ2) is 12.9. The summed E-state index contributed by atoms with van der Waals surface area (Å²) in [5.74, 6) is 1.00. The lowest BCUT2D eigenvalue weighted by Crippen LogP contribution is -2.24. The molecule has 0 saturated carbocycles. The number of esters is 1. The summed E-state index contributed by atoms with van der Waals surface area (Å²) in [4.78, 5) is 24.8. The molecule has 0 aliphatic rings. The Balaban J connectivity index is 1.33. The van der Waals surface area contributed by atoms with Crippen molar-refractivity contribution >= 4 is 28.9 Å². The van der Waals surface area contributed by atoms with E-state index in [4.69, 9.17) is 18.9 Å². The molecule has 0 saturated heterocycles. The monoisotopic (exact) mass is 512 g/mol. The molecule has 0 fully saturated rings. The highest BCUT2D eigenvalue weighted by atomic mass is 16.6. The van der Waals surface area contributed by atoms with Crippen LogP contribution < -0.4 is 24.4 Å². The number of hydrazone groups is 1. The molecule has 0 spiro atoms. The van der Waals surface area contributed by atoms with Gasteiger partial charge in [-0.05, 0) is 84.8 Å². The number of carbonyl (C=O) groups excluding carboxylic acids is 2. The van der Waals surface area contributed by atoms with E-state index >= 15 is 0 Å². The second-order valence-electron chi connectivity index (χ2n) is 8.08. The van der Waals surface area contributed by atoms with Gasteiger partial charge in [0, 0.05) is 0 Å². The van der Waals surface area contributed by atoms with Crippen LogP contribution in [-0.4, -0.2) is 37.9 Å². The quantitative estimate of drug-likeness (QED) is 0.125. The molecule has 0 atom stereocenters. The lowest BCUT2D eigenvalue weighted by atomic mass is 10.1. The average molecular weight is 513 g/mol. The Labute approximate surface area is 220 Å². The first-order valence-electron chi connectivity index (χ1n) is 12.2. The number of nitrogens with zero attached hydrogens (tertiary/aromatic N) is 1. The fraction of sp³-hybridized carbons (Fsp3) is 0.167. The normalized spacial score (nSPS) is 10.8. The molecule has 1 amide bonds. The highest BCUT2D eigenvalue weighted by Crippen LogP contribution is 2.29. The molecule has 8 nitrogen and oxygen atoms in total. The van der Waals surface area contributed by atoms with Crippen LogP contribution in [-0.2, 0) is 4.79 Å². The van der Waals surface area contributed by atoms with E-state index < -0.39 is 11.9 Å². The van der Waals surface area contributed by atoms with E-state index in [1.54, 1.807) is 42.5 Å². The van der Waals surface area contributed by atoms with Gasteiger partial charge in [-0.15, -0.1) is 0 Å². The molecule has 38 heavy (non-hydrogen) atoms. The molecule has 0 aliphatic carbocycles. The smallest absolute Gasteiger partial charge is 0.343 e. The molecule has 0 bridgehead atoms. The number of carbonyl (C=O) groups is 2. The first-order valence-corrected chi connectivity index (χ1v) is 12.2. The zero-order chi connectivity index (χ0) is 26.7. The van der Waals surface area contributed by atoms with Gasteiger partial charge in [-0.1, -0.05) is 30.3 Å². The predicted molar refractivity (Wildman–Crippen MR) is 145 cm³/mol. The number of amides is 1. The van der Waals surface area contributed by atoms with Crippen LogP contribution in [0.2, 0.25) is 0 Å². The fourth-order valence-electron chi connectivity index (χ4n) is 3.59. The largest absolute Gasteiger partial charge is 0.494 e. The third-order valence-corrected chi connectivity index (χ3v) is 5.37. The van der Waals surface area contributed by atoms with Gasteiger partial charge in [0.05, 0.1) is 25.0 Å². The third-order valence-electron chi connectivity index (χ3n) is 5.37. The van der Waals surface area contributed by atoms with Crippen LogP contribution in [0, 0.1) is 0 Å². The number of hydrogen-bond acceptors (Lipinski definition) is 7. The van der Waals surface area contributed by atoms with E-state index in [0.717, 1.165) is 10.8 Å². The summed E-state index contributed by atoms with van der Waals surface area (Å²) in [5.41, 5.74) is 3.47. The zero-order valence-electron chi connectivity index (χ0n) is 21.2. The number of hydrogen-bond donors (Lipinski definition) is 1. The lowest BCUT2D eigenvalue weighted by molar-refractivity contribution is -0.123. The first kappa shape index (κ1) is 26.2. The molecule has 4 aromatic carbocycles. The van der Waals surface area contributed by atoms with Crippen molar-refractivity contribution in [1.82, 2.24) is 5.43 Å². The van der Waals surface area contributed by atoms with Crippen LogP contribution in [0.3, 0.4) is 0 Å². The minimum absolute atomic E-state index is 0.180. The van der Waals surface area contributed by atoms with Crippen LogP contribution in [0.1, 0.15) is 29.8 Å². The molecule has 8 heteroatoms. The molecule has 4 aromatic rings. The van der Waals surface area contributed by atoms with E-state index in [0.29, 0.717) is 41.6 Å². The van der Waals surface area contributed by atoms with E-state index in [-0.39, 0.29) is 12.4 Å². The van der Waals surface area contributed by atoms with Crippen LogP contribution >= 0.6 is 0 Å². The molecule has 0 unspecified atom stereocenters. The maximum Gasteiger partial charge on any atom is 0.343 e. The summed E-state index contributed by atoms with van der Waals surface area (Å²) in [7, 11) is 0. The Morgan fingerprint density at radius 1 is 0.763 bits per heavy atom. The topological polar surface area (TPSA) is 95.5 Å². The summed E-state index contributed by atoms with van der Waals surface area (Å²) in [6.07, 6.45) is 1.47. The van der Waals surface area contributed by atoms with Gasteiger partial charge in [0.2, 0.25) is 0 Å². The van der Waals surface area contributed by atoms with E-state index in [9.17, 15) is 9.59 Å². The van der Waals surface area contributed by atoms with Gasteiger partial charge in [-0.25, -0.2) is 10.2 Å². The molecule has 0 aliphatic heterocycles. The van der Waals surface area contributed by atoms with Crippen molar-refractivity contribution in [3.8, 4) is 23.0 Å². The van der Waals surface area contributed by atoms with Crippen LogP contribution in [0.25, 0.3) is 10.8 Å². The van der Waals surface area contributed by atoms with E-state index in [1.807, 2.05) is 56.3 Å². The summed E-state index contributed by atoms with van der Waals surface area (Å²) in [5, 5.41) is 6.11. The van der Waals surface area contributed by atoms with Crippen molar-refractivity contribution in [2.75, 3.05) is 19.8 Å². The molecule has 4 rings (SSSR count). The zero-order valence-corrected chi connectivity index (χ0v) is 21.2. The number of nitrogens with one attached hydrogen (secondary N) is 1. The number of benzene rings is 4. The van der Waals surface area contributed by atoms with Crippen molar-refractivity contribution < 1.29 is 28.5 Å². The minimum atomic E-state index is -0.519. The Kier molecular flexibility index (Phi) is 8.91. The Morgan fingerprint density at radius 2 is 1.50 bits per heavy atom. The number of fused-ring (bicyclic) bond motifs is 1. The highest BCUT2D eigenvalue weighted by molar-refractivity contribution is 5.92. The highest BCUT2D eigenvalue weighted by Gasteiger charge is 2.13. The van der Waals surface area contributed by atoms with Crippen molar-refractivity contribution in [2.24, 2.45) is 5.10 Å². The Bertz CT molecular complexity index is 1430. The Morgan fingerprint density at radius 3 is 2.26 bits per heavy atom. The standard InChI is InChI=1S/C30H28N2O6/c1-3-35-25-13-11-23(12-14-25)30(34)38-27-16-9-21(17-28(27)36-4-2)19-31-32-29(33)20-37-26-15-10-22-7-5-6-8-24(22)18-26/h5-19H,3-4,20H2,1-2H3,(H,32,33). The average Bonchev–Trinajstić information content (AvgIpc) is 2.94. The summed E-state index contributed by atoms with van der Waals surface area (Å²) < 4.78 is 22.2. The van der Waals surface area contributed by atoms with Crippen molar-refractivity contribution in [3.63, 3.8) is 0 Å². The number of rotatable bonds is 11. The summed E-state index contributed by atoms with van der Waals surface area (Å²) in [6.45, 7) is 4.45. The molecular formula is C30H28N2O6. The van der Waals surface area contributed by atoms with Gasteiger partial charge in [0.15, 0.2) is 18.1 Å². The second-order valence-corrected chi connectivity index (χ2v) is 8.08. The van der Waals surface area contributed by atoms with Gasteiger partial charge >= 0.3 is 5.97 Å². The van der Waals surface area contributed by atoms with Gasteiger partial charge in [-0.3, -0.25) is 4.79 Å². The lowest BCUT2D eigenvalue weighted by Gasteiger charge is -2.11. The molecule has 1 N–H and O–H groups in total. The predicted octanol–water partition coefficient (Wildman–Crippen LogP) is 5.39. The van der Waals surface area contributed by atoms with Crippen molar-refractivity contribution in [2.45, 2.75) is 13.8 Å². The summed E-state index contributed by atoms with van der Waals surface area (Å²) >= 11 is 0. The molecular weight excluding hydrogens is 484 g/mol. The maximum absolute atomic E-state index is 12.6. The van der Waals surface area contributed by atoms with E-state index in [2.05, 4.69) is 10.5 Å². The molecule has 0 aromatic heterocycles. The third kappa shape index (κ3) is 7.10. The first-order chi connectivity index (χ1) is 18.6. The van der Waals surface area contributed by atoms with Crippen molar-refractivity contribution in [1.29, 1.82) is 0 Å². The van der Waals surface area contributed by atoms with Crippen LogP contribution in [0.5, 0.6) is 23.0 Å². The van der Waals surface area contributed by atoms with E-state index in [1.165, 1.54) is 6.21 Å². The summed E-state index contributed by atoms with van der Waals surface area (Å²) in [6, 6.07) is 25.2. The van der Waals surface area contributed by atoms with Crippen LogP contribution in [0.4, 0.5) is 0 Å². The number of ether oxygens (including phenoxy) is 4. The maximum atomic E-state index is 12.6. The van der Waals surface area contributed by atoms with Gasteiger partial charge in [0.25, 0.3) is 5.91 Å². The molecule has 194 valence electrons. The van der Waals surface area contributed by atoms with Crippen LogP contribution in [0.15, 0.2) is 90.0 Å². The molecule has 0 heterocycles. The SMILES string of the molecule is CCOc1ccc(C(=O)Oc2ccc(C=NNC(=O)COc3ccc4ccccc4c3)cc2OCC)cc1. The molecule has 0 radical (unpaired) electrons. The van der Waals surface area contributed by atoms with Gasteiger partial charge < -0.3 is 18.9 Å². The van der Waals surface area contributed by atoms with Gasteiger partial charge in [0.1, 0.15) is 11.5 Å². The van der Waals surface area contributed by atoms with Gasteiger partial charge in [-0.2, -0.15) is 5.10 Å². The minimum Gasteiger partial charge on any atom is -0.494 e.